The van der Waals surface area contributed by atoms with Crippen molar-refractivity contribution < 1.29 is 36.7 Å². The van der Waals surface area contributed by atoms with Crippen LogP contribution in [0.4, 0.5) is 24.5 Å². The third-order valence-electron chi connectivity index (χ3n) is 6.14. The Kier molecular flexibility index (Phi) is 6.75. The Balaban J connectivity index is 1.42. The molecule has 0 saturated carbocycles. The molecule has 196 valence electrons. The van der Waals surface area contributed by atoms with E-state index in [0.717, 1.165) is 23.5 Å². The van der Waals surface area contributed by atoms with Gasteiger partial charge < -0.3 is 24.2 Å². The number of hydrogen-bond donors (Lipinski definition) is 2. The number of anilines is 2. The van der Waals surface area contributed by atoms with E-state index in [9.17, 15) is 22.5 Å². The van der Waals surface area contributed by atoms with Crippen molar-refractivity contribution in [3.8, 4) is 17.2 Å². The summed E-state index contributed by atoms with van der Waals surface area (Å²) in [5.74, 6) is 0.800. The van der Waals surface area contributed by atoms with Crippen molar-refractivity contribution in [2.24, 2.45) is 4.36 Å². The minimum absolute atomic E-state index is 0.0487. The Labute approximate surface area is 211 Å². The molecule has 0 spiro atoms. The van der Waals surface area contributed by atoms with Crippen LogP contribution in [0.25, 0.3) is 0 Å². The van der Waals surface area contributed by atoms with E-state index in [4.69, 9.17) is 9.47 Å². The molecular formula is C25H24F3N3O5S. The fourth-order valence-electron chi connectivity index (χ4n) is 4.46. The van der Waals surface area contributed by atoms with Crippen molar-refractivity contribution in [3.05, 3.63) is 72.8 Å². The highest BCUT2D eigenvalue weighted by Gasteiger charge is 2.41. The standard InChI is InChI=1S/C25H24F3N3O5S/c1-29-37(33,17-12-10-16(11-13-17)36-25(26,27)28)30-18-14-34-15-21(24(18)32)31-19-6-2-4-8-22(19)35-23-9-5-3-7-20(23)31/h2-13,18,21,24,32H,14-15H2,1H3,(H,29,30,33)/t18-,21+,24-,37?/m1/s1. The maximum absolute atomic E-state index is 13.7. The lowest BCUT2D eigenvalue weighted by atomic mass is 9.98. The number of rotatable bonds is 5. The average Bonchev–Trinajstić information content (AvgIpc) is 2.88. The zero-order valence-corrected chi connectivity index (χ0v) is 20.4. The number of alkyl halides is 3. The predicted molar refractivity (Wildman–Crippen MR) is 131 cm³/mol. The highest BCUT2D eigenvalue weighted by Crippen LogP contribution is 2.48. The quantitative estimate of drug-likeness (QED) is 0.496. The molecular weight excluding hydrogens is 511 g/mol. The van der Waals surface area contributed by atoms with E-state index in [1.807, 2.05) is 53.4 Å². The maximum atomic E-state index is 13.7. The number of nitrogens with one attached hydrogen (secondary N) is 1. The minimum Gasteiger partial charge on any atom is -0.453 e. The fraction of sp³-hybridized carbons (Fsp3) is 0.280. The monoisotopic (exact) mass is 535 g/mol. The Morgan fingerprint density at radius 2 is 1.59 bits per heavy atom. The zero-order valence-electron chi connectivity index (χ0n) is 19.6. The number of benzene rings is 3. The third-order valence-corrected chi connectivity index (χ3v) is 8.19. The molecule has 0 aromatic heterocycles. The molecule has 0 radical (unpaired) electrons. The summed E-state index contributed by atoms with van der Waals surface area (Å²) in [6.45, 7) is 0.239. The lowest BCUT2D eigenvalue weighted by Crippen LogP contribution is -2.60. The van der Waals surface area contributed by atoms with E-state index in [1.165, 1.54) is 19.2 Å². The summed E-state index contributed by atoms with van der Waals surface area (Å²) in [6.07, 6.45) is -5.89. The second kappa shape index (κ2) is 9.86. The van der Waals surface area contributed by atoms with Gasteiger partial charge >= 0.3 is 6.36 Å². The zero-order chi connectivity index (χ0) is 26.2. The van der Waals surface area contributed by atoms with Crippen LogP contribution in [0.5, 0.6) is 17.2 Å². The molecule has 1 fully saturated rings. The van der Waals surface area contributed by atoms with Gasteiger partial charge in [0.1, 0.15) is 15.7 Å². The number of fused-ring (bicyclic) bond motifs is 2. The van der Waals surface area contributed by atoms with Crippen LogP contribution in [0.3, 0.4) is 0 Å². The van der Waals surface area contributed by atoms with Crippen LogP contribution in [-0.4, -0.2) is 54.1 Å². The Bertz CT molecular complexity index is 1350. The smallest absolute Gasteiger partial charge is 0.453 e. The highest BCUT2D eigenvalue weighted by atomic mass is 32.2. The van der Waals surface area contributed by atoms with E-state index < -0.39 is 40.2 Å². The molecule has 1 saturated heterocycles. The molecule has 12 heteroatoms. The van der Waals surface area contributed by atoms with Gasteiger partial charge in [0.15, 0.2) is 11.5 Å². The van der Waals surface area contributed by atoms with Crippen LogP contribution < -0.4 is 19.1 Å². The third kappa shape index (κ3) is 5.10. The number of nitrogens with zero attached hydrogens (tertiary/aromatic N) is 2. The van der Waals surface area contributed by atoms with E-state index in [0.29, 0.717) is 11.5 Å². The SMILES string of the molecule is CN=S(=O)(N[C@@H]1COC[C@H](N2c3ccccc3Oc3ccccc32)[C@@H]1O)c1ccc(OC(F)(F)F)cc1. The number of aliphatic hydroxyl groups excluding tert-OH is 1. The molecule has 0 amide bonds. The largest absolute Gasteiger partial charge is 0.573 e. The second-order valence-electron chi connectivity index (χ2n) is 8.45. The van der Waals surface area contributed by atoms with Crippen LogP contribution in [0.2, 0.25) is 0 Å². The van der Waals surface area contributed by atoms with Crippen LogP contribution >= 0.6 is 0 Å². The fourth-order valence-corrected chi connectivity index (χ4v) is 6.03. The van der Waals surface area contributed by atoms with Gasteiger partial charge in [-0.2, -0.15) is 0 Å². The van der Waals surface area contributed by atoms with Crippen LogP contribution in [0.15, 0.2) is 82.1 Å². The molecule has 1 unspecified atom stereocenters. The number of aliphatic hydroxyl groups is 1. The normalized spacial score (nSPS) is 22.7. The van der Waals surface area contributed by atoms with Gasteiger partial charge in [-0.1, -0.05) is 24.3 Å². The predicted octanol–water partition coefficient (Wildman–Crippen LogP) is 4.62. The summed E-state index contributed by atoms with van der Waals surface area (Å²) in [6, 6.07) is 18.1. The van der Waals surface area contributed by atoms with Gasteiger partial charge in [-0.3, -0.25) is 0 Å². The van der Waals surface area contributed by atoms with Gasteiger partial charge in [0.2, 0.25) is 0 Å². The van der Waals surface area contributed by atoms with Gasteiger partial charge in [0.05, 0.1) is 47.7 Å². The second-order valence-corrected chi connectivity index (χ2v) is 10.6. The number of hydrogen-bond acceptors (Lipinski definition) is 7. The molecule has 3 aromatic rings. The molecule has 0 bridgehead atoms. The first kappa shape index (κ1) is 25.3. The Hall–Kier alpha value is -3.32. The van der Waals surface area contributed by atoms with Crippen molar-refractivity contribution >= 4 is 21.3 Å². The van der Waals surface area contributed by atoms with Crippen LogP contribution in [0.1, 0.15) is 0 Å². The summed E-state index contributed by atoms with van der Waals surface area (Å²) in [5.41, 5.74) is 1.49. The minimum atomic E-state index is -4.84. The Morgan fingerprint density at radius 3 is 2.16 bits per heavy atom. The summed E-state index contributed by atoms with van der Waals surface area (Å²) in [5, 5.41) is 11.5. The molecule has 2 heterocycles. The maximum Gasteiger partial charge on any atom is 0.573 e. The highest BCUT2D eigenvalue weighted by molar-refractivity contribution is 7.91. The number of para-hydroxylation sites is 4. The first-order chi connectivity index (χ1) is 17.7. The van der Waals surface area contributed by atoms with E-state index in [-0.39, 0.29) is 18.1 Å². The molecule has 4 atom stereocenters. The summed E-state index contributed by atoms with van der Waals surface area (Å²) in [7, 11) is -1.99. The number of ether oxygens (including phenoxy) is 3. The molecule has 37 heavy (non-hydrogen) atoms. The van der Waals surface area contributed by atoms with Gasteiger partial charge in [-0.05, 0) is 48.5 Å². The first-order valence-electron chi connectivity index (χ1n) is 11.4. The molecule has 0 aliphatic carbocycles. The average molecular weight is 536 g/mol. The molecule has 2 aliphatic rings. The summed E-state index contributed by atoms with van der Waals surface area (Å²) >= 11 is 0. The van der Waals surface area contributed by atoms with Crippen molar-refractivity contribution in [1.82, 2.24) is 4.72 Å². The van der Waals surface area contributed by atoms with E-state index >= 15 is 0 Å². The first-order valence-corrected chi connectivity index (χ1v) is 12.9. The Morgan fingerprint density at radius 1 is 1.00 bits per heavy atom. The molecule has 8 nitrogen and oxygen atoms in total. The lowest BCUT2D eigenvalue weighted by Gasteiger charge is -2.44. The lowest BCUT2D eigenvalue weighted by molar-refractivity contribution is -0.274. The van der Waals surface area contributed by atoms with Gasteiger partial charge in [-0.15, -0.1) is 13.2 Å². The molecule has 3 aromatic carbocycles. The summed E-state index contributed by atoms with van der Waals surface area (Å²) in [4.78, 5) is 2.09. The number of halogens is 3. The van der Waals surface area contributed by atoms with Gasteiger partial charge in [0.25, 0.3) is 0 Å². The van der Waals surface area contributed by atoms with Crippen molar-refractivity contribution in [2.75, 3.05) is 25.2 Å². The van der Waals surface area contributed by atoms with Crippen molar-refractivity contribution in [3.63, 3.8) is 0 Å². The van der Waals surface area contributed by atoms with E-state index in [2.05, 4.69) is 13.8 Å². The van der Waals surface area contributed by atoms with Crippen molar-refractivity contribution in [2.45, 2.75) is 29.4 Å². The van der Waals surface area contributed by atoms with Gasteiger partial charge in [-0.25, -0.2) is 13.3 Å². The van der Waals surface area contributed by atoms with Crippen LogP contribution in [0, 0.1) is 0 Å². The topological polar surface area (TPSA) is 92.6 Å². The van der Waals surface area contributed by atoms with Gasteiger partial charge in [0, 0.05) is 7.05 Å². The molecule has 2 aliphatic heterocycles. The van der Waals surface area contributed by atoms with Crippen LogP contribution in [-0.2, 0) is 14.7 Å². The van der Waals surface area contributed by atoms with Crippen molar-refractivity contribution in [1.29, 1.82) is 0 Å². The van der Waals surface area contributed by atoms with E-state index in [1.54, 1.807) is 0 Å². The molecule has 5 rings (SSSR count). The molecule has 2 N–H and O–H groups in total. The summed E-state index contributed by atoms with van der Waals surface area (Å²) < 4.78 is 73.9.